The van der Waals surface area contributed by atoms with Gasteiger partial charge in [-0.15, -0.1) is 0 Å². The summed E-state index contributed by atoms with van der Waals surface area (Å²) >= 11 is 0. The van der Waals surface area contributed by atoms with E-state index in [2.05, 4.69) is 27.9 Å². The highest BCUT2D eigenvalue weighted by Gasteiger charge is 2.35. The van der Waals surface area contributed by atoms with Crippen LogP contribution in [-0.4, -0.2) is 20.6 Å². The molecule has 0 heterocycles. The topological polar surface area (TPSA) is 130 Å². The van der Waals surface area contributed by atoms with Crippen molar-refractivity contribution in [2.75, 3.05) is 0 Å². The molecule has 0 aromatic rings. The van der Waals surface area contributed by atoms with Crippen molar-refractivity contribution < 1.29 is 37.4 Å². The molecule has 0 amide bonds. The van der Waals surface area contributed by atoms with Gasteiger partial charge in [0.25, 0.3) is 0 Å². The Morgan fingerprint density at radius 1 is 0.786 bits per heavy atom. The lowest BCUT2D eigenvalue weighted by Crippen LogP contribution is -2.03. The van der Waals surface area contributed by atoms with Gasteiger partial charge in [0.2, 0.25) is 0 Å². The van der Waals surface area contributed by atoms with Crippen molar-refractivity contribution in [1.29, 1.82) is 0 Å². The molecule has 3 N–H and O–H groups in total. The third-order valence-electron chi connectivity index (χ3n) is 4.07. The number of hydrogen-bond acceptors (Lipinski definition) is 5. The van der Waals surface area contributed by atoms with Crippen LogP contribution >= 0.6 is 15.6 Å². The van der Waals surface area contributed by atoms with E-state index in [0.717, 1.165) is 38.5 Å². The predicted molar refractivity (Wildman–Crippen MR) is 108 cm³/mol. The van der Waals surface area contributed by atoms with Gasteiger partial charge in [-0.05, 0) is 32.1 Å². The SMILES string of the molecule is CCCCCCCC/C=C\CCCCCCCC(=O)OP(=O)(O)OP(=O)(O)O. The van der Waals surface area contributed by atoms with Crippen LogP contribution in [-0.2, 0) is 22.8 Å². The smallest absolute Gasteiger partial charge is 0.370 e. The monoisotopic (exact) mass is 442 g/mol. The van der Waals surface area contributed by atoms with Gasteiger partial charge in [-0.3, -0.25) is 9.69 Å². The zero-order chi connectivity index (χ0) is 21.3. The Kier molecular flexibility index (Phi) is 16.0. The van der Waals surface area contributed by atoms with Crippen LogP contribution in [0.1, 0.15) is 96.8 Å². The number of allylic oxidation sites excluding steroid dienone is 2. The molecule has 8 nitrogen and oxygen atoms in total. The molecular weight excluding hydrogens is 406 g/mol. The van der Waals surface area contributed by atoms with Gasteiger partial charge in [-0.25, -0.2) is 9.13 Å². The zero-order valence-corrected chi connectivity index (χ0v) is 18.6. The van der Waals surface area contributed by atoms with Crippen molar-refractivity contribution >= 4 is 21.6 Å². The molecule has 166 valence electrons. The number of unbranched alkanes of at least 4 members (excludes halogenated alkanes) is 11. The van der Waals surface area contributed by atoms with E-state index in [1.165, 1.54) is 38.5 Å². The number of phosphoric acid groups is 2. The van der Waals surface area contributed by atoms with E-state index in [1.807, 2.05) is 0 Å². The van der Waals surface area contributed by atoms with Gasteiger partial charge in [0.05, 0.1) is 0 Å². The molecule has 0 radical (unpaired) electrons. The van der Waals surface area contributed by atoms with Gasteiger partial charge < -0.3 is 14.3 Å². The summed E-state index contributed by atoms with van der Waals surface area (Å²) in [6, 6.07) is 0. The first-order chi connectivity index (χ1) is 13.2. The fourth-order valence-corrected chi connectivity index (χ4v) is 4.22. The predicted octanol–water partition coefficient (Wildman–Crippen LogP) is 5.78. The van der Waals surface area contributed by atoms with E-state index in [-0.39, 0.29) is 6.42 Å². The summed E-state index contributed by atoms with van der Waals surface area (Å²) in [7, 11) is -10.3. The standard InChI is InChI=1S/C18H36O8P2/c1-2-3-4-5-6-7-8-9-10-11-12-13-14-15-16-17-18(19)25-28(23,24)26-27(20,21)22/h9-10H,2-8,11-17H2,1H3,(H,23,24)(H2,20,21,22)/b10-9-. The molecule has 10 heteroatoms. The van der Waals surface area contributed by atoms with Crippen molar-refractivity contribution in [1.82, 2.24) is 0 Å². The molecule has 28 heavy (non-hydrogen) atoms. The maximum atomic E-state index is 11.4. The molecule has 0 spiro atoms. The highest BCUT2D eigenvalue weighted by atomic mass is 31.3. The minimum absolute atomic E-state index is 0.104. The highest BCUT2D eigenvalue weighted by Crippen LogP contribution is 2.57. The first-order valence-electron chi connectivity index (χ1n) is 10.1. The summed E-state index contributed by atoms with van der Waals surface area (Å²) in [6.45, 7) is 2.22. The Balaban J connectivity index is 3.52. The lowest BCUT2D eigenvalue weighted by molar-refractivity contribution is -0.135. The van der Waals surface area contributed by atoms with E-state index in [4.69, 9.17) is 14.7 Å². The number of rotatable bonds is 18. The van der Waals surface area contributed by atoms with Crippen LogP contribution in [0.15, 0.2) is 12.2 Å². The summed E-state index contributed by atoms with van der Waals surface area (Å²) in [5, 5.41) is 0. The van der Waals surface area contributed by atoms with Crippen LogP contribution in [0.2, 0.25) is 0 Å². The lowest BCUT2D eigenvalue weighted by Gasteiger charge is -2.11. The third kappa shape index (κ3) is 20.2. The van der Waals surface area contributed by atoms with Crippen molar-refractivity contribution in [3.05, 3.63) is 12.2 Å². The summed E-state index contributed by atoms with van der Waals surface area (Å²) in [5.41, 5.74) is 0. The summed E-state index contributed by atoms with van der Waals surface area (Å²) < 4.78 is 29.3. The largest absolute Gasteiger partial charge is 0.538 e. The maximum Gasteiger partial charge on any atom is 0.538 e. The molecule has 0 aliphatic heterocycles. The van der Waals surface area contributed by atoms with Crippen LogP contribution in [0, 0.1) is 0 Å². The summed E-state index contributed by atoms with van der Waals surface area (Å²) in [4.78, 5) is 37.3. The lowest BCUT2D eigenvalue weighted by atomic mass is 10.1. The van der Waals surface area contributed by atoms with E-state index in [1.54, 1.807) is 0 Å². The molecule has 0 bridgehead atoms. The second-order valence-corrected chi connectivity index (χ2v) is 9.59. The van der Waals surface area contributed by atoms with Crippen molar-refractivity contribution in [2.45, 2.75) is 96.8 Å². The molecule has 1 atom stereocenters. The minimum Gasteiger partial charge on any atom is -0.370 e. The third-order valence-corrected chi connectivity index (χ3v) is 6.18. The van der Waals surface area contributed by atoms with E-state index >= 15 is 0 Å². The Hall–Kier alpha value is -0.490. The van der Waals surface area contributed by atoms with Crippen LogP contribution in [0.4, 0.5) is 0 Å². The molecule has 1 unspecified atom stereocenters. The molecule has 0 aliphatic carbocycles. The summed E-state index contributed by atoms with van der Waals surface area (Å²) in [5.74, 6) is -1.02. The number of carbonyl (C=O) groups is 1. The van der Waals surface area contributed by atoms with E-state index in [9.17, 15) is 13.9 Å². The first-order valence-corrected chi connectivity index (χ1v) is 13.2. The highest BCUT2D eigenvalue weighted by molar-refractivity contribution is 7.61. The molecule has 0 aliphatic rings. The van der Waals surface area contributed by atoms with Gasteiger partial charge in [0.15, 0.2) is 0 Å². The summed E-state index contributed by atoms with van der Waals surface area (Å²) in [6.07, 6.45) is 18.7. The van der Waals surface area contributed by atoms with E-state index < -0.39 is 21.6 Å². The zero-order valence-electron chi connectivity index (χ0n) is 16.8. The van der Waals surface area contributed by atoms with Gasteiger partial charge in [-0.2, -0.15) is 4.31 Å². The van der Waals surface area contributed by atoms with Crippen molar-refractivity contribution in [3.8, 4) is 0 Å². The van der Waals surface area contributed by atoms with Crippen LogP contribution in [0.25, 0.3) is 0 Å². The van der Waals surface area contributed by atoms with E-state index in [0.29, 0.717) is 6.42 Å². The second kappa shape index (κ2) is 16.3. The van der Waals surface area contributed by atoms with Gasteiger partial charge in [-0.1, -0.05) is 70.4 Å². The fourth-order valence-electron chi connectivity index (χ4n) is 2.67. The average molecular weight is 442 g/mol. The quantitative estimate of drug-likeness (QED) is 0.138. The fraction of sp³-hybridized carbons (Fsp3) is 0.833. The molecule has 0 aromatic heterocycles. The Labute approximate surface area is 168 Å². The first kappa shape index (κ1) is 27.5. The number of hydrogen-bond donors (Lipinski definition) is 3. The Morgan fingerprint density at radius 2 is 1.25 bits per heavy atom. The van der Waals surface area contributed by atoms with Gasteiger partial charge in [0, 0.05) is 6.42 Å². The second-order valence-electron chi connectivity index (χ2n) is 6.84. The normalized spacial score (nSPS) is 14.3. The van der Waals surface area contributed by atoms with Gasteiger partial charge in [0.1, 0.15) is 0 Å². The van der Waals surface area contributed by atoms with Crippen LogP contribution < -0.4 is 0 Å². The molecule has 0 fully saturated rings. The van der Waals surface area contributed by atoms with Crippen molar-refractivity contribution in [3.63, 3.8) is 0 Å². The molecular formula is C18H36O8P2. The molecule has 0 aromatic carbocycles. The van der Waals surface area contributed by atoms with Crippen molar-refractivity contribution in [2.24, 2.45) is 0 Å². The van der Waals surface area contributed by atoms with Crippen LogP contribution in [0.3, 0.4) is 0 Å². The molecule has 0 saturated carbocycles. The number of phosphoric ester groups is 1. The minimum atomic E-state index is -5.20. The average Bonchev–Trinajstić information content (AvgIpc) is 2.55. The molecule has 0 rings (SSSR count). The van der Waals surface area contributed by atoms with Crippen LogP contribution in [0.5, 0.6) is 0 Å². The molecule has 0 saturated heterocycles. The van der Waals surface area contributed by atoms with Gasteiger partial charge >= 0.3 is 21.6 Å². The number of carbonyl (C=O) groups excluding carboxylic acids is 1. The maximum absolute atomic E-state index is 11.4. The Morgan fingerprint density at radius 3 is 1.75 bits per heavy atom. The Bertz CT molecular complexity index is 530.